The lowest BCUT2D eigenvalue weighted by Crippen LogP contribution is -2.46. The van der Waals surface area contributed by atoms with E-state index in [1.807, 2.05) is 23.6 Å². The fraction of sp³-hybridized carbons (Fsp3) is 0.292. The highest BCUT2D eigenvalue weighted by molar-refractivity contribution is 5.66. The van der Waals surface area contributed by atoms with Crippen LogP contribution in [0, 0.1) is 6.92 Å². The van der Waals surface area contributed by atoms with Crippen molar-refractivity contribution in [2.45, 2.75) is 19.5 Å². The monoisotopic (exact) mass is 398 g/mol. The molecule has 30 heavy (non-hydrogen) atoms. The molecule has 1 atom stereocenters. The lowest BCUT2D eigenvalue weighted by atomic mass is 10.1. The topological polar surface area (TPSA) is 49.6 Å². The minimum atomic E-state index is 0.212. The van der Waals surface area contributed by atoms with Crippen LogP contribution in [0.25, 0.3) is 16.6 Å². The second-order valence-electron chi connectivity index (χ2n) is 8.09. The molecule has 1 aliphatic heterocycles. The van der Waals surface area contributed by atoms with Gasteiger partial charge in [-0.25, -0.2) is 4.52 Å². The van der Waals surface area contributed by atoms with Crippen LogP contribution in [0.1, 0.15) is 23.1 Å². The molecule has 152 valence electrons. The Labute approximate surface area is 176 Å². The van der Waals surface area contributed by atoms with Crippen LogP contribution in [0.2, 0.25) is 0 Å². The number of likely N-dealkylation sites (N-methyl/N-ethyl adjacent to an activating group) is 1. The van der Waals surface area contributed by atoms with Gasteiger partial charge in [-0.1, -0.05) is 47.7 Å². The summed E-state index contributed by atoms with van der Waals surface area (Å²) >= 11 is 0. The van der Waals surface area contributed by atoms with Gasteiger partial charge >= 0.3 is 0 Å². The number of nitrogens with zero attached hydrogens (tertiary/aromatic N) is 6. The van der Waals surface area contributed by atoms with Crippen LogP contribution in [0.3, 0.4) is 0 Å². The van der Waals surface area contributed by atoms with E-state index in [9.17, 15) is 0 Å². The van der Waals surface area contributed by atoms with Crippen molar-refractivity contribution < 1.29 is 0 Å². The number of aromatic nitrogens is 4. The Bertz CT molecular complexity index is 1150. The van der Waals surface area contributed by atoms with Gasteiger partial charge in [-0.2, -0.15) is 0 Å². The van der Waals surface area contributed by atoms with Gasteiger partial charge in [0.05, 0.1) is 17.3 Å². The van der Waals surface area contributed by atoms with Crippen molar-refractivity contribution in [2.24, 2.45) is 0 Å². The third-order valence-corrected chi connectivity index (χ3v) is 5.93. The molecule has 1 fully saturated rings. The van der Waals surface area contributed by atoms with Gasteiger partial charge in [0.2, 0.25) is 0 Å². The smallest absolute Gasteiger partial charge is 0.109 e. The Morgan fingerprint density at radius 1 is 0.933 bits per heavy atom. The molecule has 4 aromatic rings. The molecule has 0 radical (unpaired) electrons. The summed E-state index contributed by atoms with van der Waals surface area (Å²) in [6, 6.07) is 21.1. The molecule has 0 N–H and O–H groups in total. The molecule has 0 aliphatic carbocycles. The zero-order valence-electron chi connectivity index (χ0n) is 17.4. The predicted octanol–water partition coefficient (Wildman–Crippen LogP) is 3.59. The zero-order chi connectivity index (χ0) is 20.5. The number of pyridine rings is 2. The Balaban J connectivity index is 1.40. The first-order chi connectivity index (χ1) is 14.7. The molecule has 0 saturated carbocycles. The average molecular weight is 399 g/mol. The van der Waals surface area contributed by atoms with Crippen LogP contribution in [0.4, 0.5) is 0 Å². The summed E-state index contributed by atoms with van der Waals surface area (Å²) in [4.78, 5) is 9.53. The molecule has 6 heteroatoms. The molecule has 1 aromatic carbocycles. The average Bonchev–Trinajstić information content (AvgIpc) is 3.19. The first-order valence-electron chi connectivity index (χ1n) is 10.4. The number of hydrogen-bond acceptors (Lipinski definition) is 5. The van der Waals surface area contributed by atoms with Crippen molar-refractivity contribution in [1.82, 2.24) is 29.6 Å². The van der Waals surface area contributed by atoms with Crippen LogP contribution < -0.4 is 0 Å². The summed E-state index contributed by atoms with van der Waals surface area (Å²) in [7, 11) is 2.18. The number of rotatable bonds is 4. The van der Waals surface area contributed by atoms with Crippen molar-refractivity contribution in [2.75, 3.05) is 26.7 Å². The summed E-state index contributed by atoms with van der Waals surface area (Å²) < 4.78 is 1.91. The van der Waals surface area contributed by atoms with Crippen molar-refractivity contribution in [3.8, 4) is 11.1 Å². The van der Waals surface area contributed by atoms with E-state index in [0.29, 0.717) is 0 Å². The second-order valence-corrected chi connectivity index (χ2v) is 8.09. The third-order valence-electron chi connectivity index (χ3n) is 5.93. The number of hydrogen-bond donors (Lipinski definition) is 0. The van der Waals surface area contributed by atoms with Crippen molar-refractivity contribution in [3.63, 3.8) is 0 Å². The molecule has 5 rings (SSSR count). The van der Waals surface area contributed by atoms with Crippen LogP contribution in [-0.4, -0.2) is 56.3 Å². The number of piperazine rings is 1. The maximum atomic E-state index is 4.68. The first-order valence-corrected chi connectivity index (χ1v) is 10.4. The van der Waals surface area contributed by atoms with E-state index in [-0.39, 0.29) is 6.04 Å². The maximum absolute atomic E-state index is 4.68. The van der Waals surface area contributed by atoms with Gasteiger partial charge < -0.3 is 0 Å². The van der Waals surface area contributed by atoms with Gasteiger partial charge in [-0.3, -0.25) is 14.8 Å². The van der Waals surface area contributed by atoms with Crippen molar-refractivity contribution >= 4 is 5.52 Å². The van der Waals surface area contributed by atoms with Gasteiger partial charge in [-0.15, -0.1) is 5.10 Å². The van der Waals surface area contributed by atoms with Crippen LogP contribution in [-0.2, 0) is 6.54 Å². The van der Waals surface area contributed by atoms with E-state index in [2.05, 4.69) is 86.9 Å². The minimum absolute atomic E-state index is 0.212. The number of aryl methyl sites for hydroxylation is 1. The van der Waals surface area contributed by atoms with E-state index in [0.717, 1.165) is 54.3 Å². The number of benzene rings is 1. The fourth-order valence-electron chi connectivity index (χ4n) is 4.24. The molecule has 4 heterocycles. The minimum Gasteiger partial charge on any atom is -0.295 e. The Kier molecular flexibility index (Phi) is 5.02. The summed E-state index contributed by atoms with van der Waals surface area (Å²) in [5.74, 6) is 0. The van der Waals surface area contributed by atoms with Gasteiger partial charge in [0, 0.05) is 43.6 Å². The molecule has 1 unspecified atom stereocenters. The quantitative estimate of drug-likeness (QED) is 0.526. The summed E-state index contributed by atoms with van der Waals surface area (Å²) in [5.41, 5.74) is 6.63. The largest absolute Gasteiger partial charge is 0.295 e. The summed E-state index contributed by atoms with van der Waals surface area (Å²) in [6.45, 7) is 5.85. The summed E-state index contributed by atoms with van der Waals surface area (Å²) in [6.07, 6.45) is 2.07. The maximum Gasteiger partial charge on any atom is 0.109 e. The van der Waals surface area contributed by atoms with E-state index >= 15 is 0 Å². The molecular formula is C24H26N6. The zero-order valence-corrected chi connectivity index (χ0v) is 17.4. The molecule has 6 nitrogen and oxygen atoms in total. The molecule has 1 aliphatic rings. The number of fused-ring (bicyclic) bond motifs is 1. The standard InChI is InChI=1S/C24H26N6/c1-18-7-6-10-21(25-18)16-29-14-13-28(2)23(17-29)24-22-12-11-20(15-30(22)27-26-24)19-8-4-3-5-9-19/h3-12,15,23H,13-14,16-17H2,1-2H3. The SMILES string of the molecule is Cc1cccc(CN2CCN(C)C(c3nnn4cc(-c5ccccc5)ccc34)C2)n1. The normalized spacial score (nSPS) is 18.1. The van der Waals surface area contributed by atoms with Crippen molar-refractivity contribution in [3.05, 3.63) is 83.9 Å². The van der Waals surface area contributed by atoms with E-state index < -0.39 is 0 Å². The molecule has 0 spiro atoms. The molecule has 0 bridgehead atoms. The molecule has 3 aromatic heterocycles. The van der Waals surface area contributed by atoms with Gasteiger partial charge in [0.25, 0.3) is 0 Å². The molecule has 1 saturated heterocycles. The van der Waals surface area contributed by atoms with Gasteiger partial charge in [-0.05, 0) is 37.7 Å². The van der Waals surface area contributed by atoms with Gasteiger partial charge in [0.15, 0.2) is 0 Å². The van der Waals surface area contributed by atoms with Crippen LogP contribution in [0.5, 0.6) is 0 Å². The lowest BCUT2D eigenvalue weighted by molar-refractivity contribution is 0.0880. The Morgan fingerprint density at radius 3 is 2.63 bits per heavy atom. The van der Waals surface area contributed by atoms with Crippen molar-refractivity contribution in [1.29, 1.82) is 0 Å². The van der Waals surface area contributed by atoms with Gasteiger partial charge in [0.1, 0.15) is 5.69 Å². The third kappa shape index (κ3) is 3.72. The van der Waals surface area contributed by atoms with Crippen LogP contribution >= 0.6 is 0 Å². The first kappa shape index (κ1) is 18.9. The highest BCUT2D eigenvalue weighted by atomic mass is 15.4. The van der Waals surface area contributed by atoms with E-state index in [1.54, 1.807) is 0 Å². The Hall–Kier alpha value is -3.09. The lowest BCUT2D eigenvalue weighted by Gasteiger charge is -2.38. The predicted molar refractivity (Wildman–Crippen MR) is 118 cm³/mol. The van der Waals surface area contributed by atoms with E-state index in [4.69, 9.17) is 0 Å². The Morgan fingerprint density at radius 2 is 1.80 bits per heavy atom. The molecule has 0 amide bonds. The highest BCUT2D eigenvalue weighted by Gasteiger charge is 2.29. The van der Waals surface area contributed by atoms with Crippen LogP contribution in [0.15, 0.2) is 66.9 Å². The highest BCUT2D eigenvalue weighted by Crippen LogP contribution is 2.28. The fourth-order valence-corrected chi connectivity index (χ4v) is 4.24. The van der Waals surface area contributed by atoms with E-state index in [1.165, 1.54) is 5.56 Å². The second kappa shape index (κ2) is 7.97. The molecular weight excluding hydrogens is 372 g/mol. The summed E-state index contributed by atoms with van der Waals surface area (Å²) in [5, 5.41) is 9.03.